The lowest BCUT2D eigenvalue weighted by Crippen LogP contribution is -2.48. The van der Waals surface area contributed by atoms with Gasteiger partial charge in [-0.3, -0.25) is 24.3 Å². The summed E-state index contributed by atoms with van der Waals surface area (Å²) in [6.07, 6.45) is 3.73. The molecule has 1 saturated heterocycles. The number of aromatic nitrogens is 1. The molecule has 134 valence electrons. The zero-order chi connectivity index (χ0) is 16.8. The molecule has 1 fully saturated rings. The van der Waals surface area contributed by atoms with Crippen LogP contribution >= 0.6 is 12.4 Å². The number of nitrogens with zero attached hydrogens (tertiary/aromatic N) is 3. The van der Waals surface area contributed by atoms with Crippen molar-refractivity contribution in [3.8, 4) is 0 Å². The summed E-state index contributed by atoms with van der Waals surface area (Å²) < 4.78 is 1.12. The quantitative estimate of drug-likeness (QED) is 0.608. The molecule has 9 heteroatoms. The lowest BCUT2D eigenvalue weighted by atomic mass is 10.0. The first-order chi connectivity index (χ1) is 11.0. The molecule has 0 bridgehead atoms. The van der Waals surface area contributed by atoms with Crippen LogP contribution in [0.1, 0.15) is 26.2 Å². The number of nitro groups is 1. The van der Waals surface area contributed by atoms with Gasteiger partial charge in [0.25, 0.3) is 11.2 Å². The van der Waals surface area contributed by atoms with E-state index >= 15 is 0 Å². The number of carbonyl (C=O) groups excluding carboxylic acids is 1. The topological polar surface area (TPSA) is 97.5 Å². The molecule has 0 unspecified atom stereocenters. The van der Waals surface area contributed by atoms with E-state index in [1.807, 2.05) is 11.8 Å². The monoisotopic (exact) mass is 358 g/mol. The Labute approximate surface area is 146 Å². The van der Waals surface area contributed by atoms with Gasteiger partial charge in [0, 0.05) is 24.7 Å². The number of carbonyl (C=O) groups is 1. The van der Waals surface area contributed by atoms with Crippen LogP contribution in [0.3, 0.4) is 0 Å². The van der Waals surface area contributed by atoms with Crippen LogP contribution in [0, 0.1) is 10.1 Å². The van der Waals surface area contributed by atoms with Crippen LogP contribution in [0.15, 0.2) is 23.1 Å². The van der Waals surface area contributed by atoms with Crippen molar-refractivity contribution in [1.29, 1.82) is 0 Å². The van der Waals surface area contributed by atoms with E-state index in [4.69, 9.17) is 0 Å². The van der Waals surface area contributed by atoms with E-state index in [9.17, 15) is 19.7 Å². The van der Waals surface area contributed by atoms with Crippen LogP contribution in [0.2, 0.25) is 0 Å². The van der Waals surface area contributed by atoms with Gasteiger partial charge in [-0.25, -0.2) is 0 Å². The van der Waals surface area contributed by atoms with Crippen LogP contribution in [-0.4, -0.2) is 46.0 Å². The van der Waals surface area contributed by atoms with E-state index in [-0.39, 0.29) is 36.6 Å². The molecule has 0 atom stereocenters. The van der Waals surface area contributed by atoms with E-state index in [0.717, 1.165) is 55.2 Å². The maximum atomic E-state index is 12.6. The molecule has 2 rings (SSSR count). The Bertz CT molecular complexity index is 628. The van der Waals surface area contributed by atoms with Gasteiger partial charge in [-0.2, -0.15) is 0 Å². The Morgan fingerprint density at radius 3 is 2.67 bits per heavy atom. The largest absolute Gasteiger partial charge is 0.338 e. The first-order valence-electron chi connectivity index (χ1n) is 7.88. The van der Waals surface area contributed by atoms with Crippen molar-refractivity contribution in [2.75, 3.05) is 19.6 Å². The SMILES string of the molecule is CCCN(C(=O)Cn1cc([N+](=O)[O-])ccc1=O)C1CCNCC1.Cl. The van der Waals surface area contributed by atoms with Gasteiger partial charge in [-0.15, -0.1) is 12.4 Å². The van der Waals surface area contributed by atoms with Crippen LogP contribution in [0.25, 0.3) is 0 Å². The van der Waals surface area contributed by atoms with E-state index in [0.29, 0.717) is 6.54 Å². The van der Waals surface area contributed by atoms with Crippen LogP contribution in [-0.2, 0) is 11.3 Å². The van der Waals surface area contributed by atoms with Gasteiger partial charge >= 0.3 is 0 Å². The van der Waals surface area contributed by atoms with Crippen molar-refractivity contribution in [3.63, 3.8) is 0 Å². The molecule has 1 amide bonds. The maximum Gasteiger partial charge on any atom is 0.285 e. The third-order valence-electron chi connectivity index (χ3n) is 4.02. The molecule has 0 spiro atoms. The number of rotatable bonds is 6. The van der Waals surface area contributed by atoms with Crippen molar-refractivity contribution < 1.29 is 9.72 Å². The zero-order valence-corrected chi connectivity index (χ0v) is 14.5. The van der Waals surface area contributed by atoms with Gasteiger partial charge in [0.2, 0.25) is 5.91 Å². The molecule has 24 heavy (non-hydrogen) atoms. The highest BCUT2D eigenvalue weighted by molar-refractivity contribution is 5.85. The van der Waals surface area contributed by atoms with Gasteiger partial charge in [0.1, 0.15) is 6.54 Å². The van der Waals surface area contributed by atoms with Crippen LogP contribution < -0.4 is 10.9 Å². The number of piperidine rings is 1. The Morgan fingerprint density at radius 2 is 2.08 bits per heavy atom. The molecule has 8 nitrogen and oxygen atoms in total. The van der Waals surface area contributed by atoms with Crippen molar-refractivity contribution >= 4 is 24.0 Å². The number of hydrogen-bond donors (Lipinski definition) is 1. The normalized spacial score (nSPS) is 14.7. The summed E-state index contributed by atoms with van der Waals surface area (Å²) in [5.74, 6) is -0.165. The highest BCUT2D eigenvalue weighted by Gasteiger charge is 2.25. The van der Waals surface area contributed by atoms with Crippen molar-refractivity contribution in [1.82, 2.24) is 14.8 Å². The first-order valence-corrected chi connectivity index (χ1v) is 7.88. The van der Waals surface area contributed by atoms with E-state index in [1.165, 1.54) is 0 Å². The lowest BCUT2D eigenvalue weighted by molar-refractivity contribution is -0.385. The number of amides is 1. The second-order valence-electron chi connectivity index (χ2n) is 5.68. The molecule has 2 heterocycles. The average molecular weight is 359 g/mol. The minimum Gasteiger partial charge on any atom is -0.338 e. The number of pyridine rings is 1. The van der Waals surface area contributed by atoms with Gasteiger partial charge in [0.05, 0.1) is 11.1 Å². The second kappa shape index (κ2) is 9.39. The molecule has 0 aromatic carbocycles. The fourth-order valence-electron chi connectivity index (χ4n) is 2.86. The fourth-order valence-corrected chi connectivity index (χ4v) is 2.86. The summed E-state index contributed by atoms with van der Waals surface area (Å²) in [7, 11) is 0. The molecule has 0 saturated carbocycles. The highest BCUT2D eigenvalue weighted by Crippen LogP contribution is 2.14. The maximum absolute atomic E-state index is 12.6. The predicted octanol–water partition coefficient (Wildman–Crippen LogP) is 1.17. The van der Waals surface area contributed by atoms with Crippen LogP contribution in [0.4, 0.5) is 5.69 Å². The lowest BCUT2D eigenvalue weighted by Gasteiger charge is -2.34. The Morgan fingerprint density at radius 1 is 1.42 bits per heavy atom. The molecule has 1 aliphatic heterocycles. The minimum atomic E-state index is -0.572. The Hall–Kier alpha value is -1.93. The van der Waals surface area contributed by atoms with Gasteiger partial charge in [0.15, 0.2) is 0 Å². The fraction of sp³-hybridized carbons (Fsp3) is 0.600. The molecular formula is C15H23ClN4O4. The second-order valence-corrected chi connectivity index (χ2v) is 5.68. The molecule has 0 radical (unpaired) electrons. The summed E-state index contributed by atoms with van der Waals surface area (Å²) in [5.41, 5.74) is -0.605. The highest BCUT2D eigenvalue weighted by atomic mass is 35.5. The number of nitrogens with one attached hydrogen (secondary N) is 1. The Balaban J connectivity index is 0.00000288. The standard InChI is InChI=1S/C15H22N4O4.ClH/c1-2-9-18(12-5-7-16-8-6-12)15(21)11-17-10-13(19(22)23)3-4-14(17)20;/h3-4,10,12,16H,2,5-9,11H2,1H3;1H. The third kappa shape index (κ3) is 5.04. The first kappa shape index (κ1) is 20.1. The van der Waals surface area contributed by atoms with Gasteiger partial charge in [-0.05, 0) is 32.4 Å². The summed E-state index contributed by atoms with van der Waals surface area (Å²) in [6, 6.07) is 2.44. The molecule has 1 aromatic heterocycles. The number of halogens is 1. The molecule has 1 aromatic rings. The minimum absolute atomic E-state index is 0. The van der Waals surface area contributed by atoms with Gasteiger partial charge in [-0.1, -0.05) is 6.92 Å². The Kier molecular flexibility index (Phi) is 7.87. The van der Waals surface area contributed by atoms with Crippen LogP contribution in [0.5, 0.6) is 0 Å². The van der Waals surface area contributed by atoms with E-state index in [1.54, 1.807) is 0 Å². The van der Waals surface area contributed by atoms with E-state index < -0.39 is 10.5 Å². The summed E-state index contributed by atoms with van der Waals surface area (Å²) >= 11 is 0. The molecule has 0 aliphatic carbocycles. The van der Waals surface area contributed by atoms with E-state index in [2.05, 4.69) is 5.32 Å². The predicted molar refractivity (Wildman–Crippen MR) is 92.5 cm³/mol. The van der Waals surface area contributed by atoms with Crippen molar-refractivity contribution in [2.45, 2.75) is 38.8 Å². The van der Waals surface area contributed by atoms with Gasteiger partial charge < -0.3 is 10.2 Å². The summed E-state index contributed by atoms with van der Waals surface area (Å²) in [5, 5.41) is 14.1. The molecule has 1 N–H and O–H groups in total. The smallest absolute Gasteiger partial charge is 0.285 e. The number of hydrogen-bond acceptors (Lipinski definition) is 5. The van der Waals surface area contributed by atoms with Crippen molar-refractivity contribution in [3.05, 3.63) is 38.8 Å². The molecular weight excluding hydrogens is 336 g/mol. The summed E-state index contributed by atoms with van der Waals surface area (Å²) in [6.45, 7) is 4.21. The van der Waals surface area contributed by atoms with Crippen molar-refractivity contribution in [2.24, 2.45) is 0 Å². The third-order valence-corrected chi connectivity index (χ3v) is 4.02. The average Bonchev–Trinajstić information content (AvgIpc) is 2.55. The zero-order valence-electron chi connectivity index (χ0n) is 13.6. The molecule has 1 aliphatic rings. The summed E-state index contributed by atoms with van der Waals surface area (Å²) in [4.78, 5) is 36.5.